The monoisotopic (exact) mass is 734 g/mol. The Balaban J connectivity index is 0.000000260. The molecular formula is C36H50N2O10S2. The van der Waals surface area contributed by atoms with Gasteiger partial charge in [-0.25, -0.2) is 9.59 Å². The Morgan fingerprint density at radius 2 is 1.04 bits per heavy atom. The first-order valence-corrected chi connectivity index (χ1v) is 16.6. The van der Waals surface area contributed by atoms with Crippen LogP contribution in [-0.4, -0.2) is 99.5 Å². The molecule has 0 unspecified atom stereocenters. The van der Waals surface area contributed by atoms with Crippen LogP contribution >= 0.6 is 27.0 Å². The van der Waals surface area contributed by atoms with Crippen molar-refractivity contribution in [2.24, 2.45) is 11.8 Å². The number of esters is 2. The van der Waals surface area contributed by atoms with Crippen molar-refractivity contribution in [2.75, 3.05) is 53.9 Å². The average molecular weight is 735 g/mol. The predicted molar refractivity (Wildman–Crippen MR) is 194 cm³/mol. The van der Waals surface area contributed by atoms with Gasteiger partial charge in [-0.15, -0.1) is 0 Å². The Kier molecular flexibility index (Phi) is 15.8. The van der Waals surface area contributed by atoms with Gasteiger partial charge in [0.05, 0.1) is 62.5 Å². The van der Waals surface area contributed by atoms with Gasteiger partial charge in [-0.05, 0) is 63.8 Å². The Morgan fingerprint density at radius 3 is 1.38 bits per heavy atom. The van der Waals surface area contributed by atoms with Crippen molar-refractivity contribution in [1.29, 1.82) is 0 Å². The van der Waals surface area contributed by atoms with E-state index in [0.29, 0.717) is 62.1 Å². The molecule has 2 saturated heterocycles. The summed E-state index contributed by atoms with van der Waals surface area (Å²) >= 11 is 0. The molecule has 4 heterocycles. The molecule has 2 aromatic carbocycles. The molecule has 4 aliphatic rings. The molecular weight excluding hydrogens is 685 g/mol. The van der Waals surface area contributed by atoms with Crippen molar-refractivity contribution in [3.8, 4) is 11.5 Å². The molecule has 2 amide bonds. The third-order valence-electron chi connectivity index (χ3n) is 9.27. The zero-order valence-corrected chi connectivity index (χ0v) is 31.2. The maximum atomic E-state index is 12.9. The standard InChI is InChI=1S/2C18H23NO5.2H2S/c2*1-12-10-24-16-8-13(18(21)22-2)5-6-14(16)9-19(12)17(20)15-4-3-7-23-11-15;;/h2*5-6,8,12,15H,3-4,7,9-11H2,1-2H3;2*1H2/t12-,15+;12-,15-;;/m00../s1. The second-order valence-corrected chi connectivity index (χ2v) is 12.7. The summed E-state index contributed by atoms with van der Waals surface area (Å²) in [5.74, 6) is 0.581. The number of amides is 2. The molecule has 2 fully saturated rings. The van der Waals surface area contributed by atoms with E-state index in [2.05, 4.69) is 0 Å². The van der Waals surface area contributed by atoms with E-state index in [-0.39, 0.29) is 62.7 Å². The molecule has 0 aliphatic carbocycles. The van der Waals surface area contributed by atoms with Crippen LogP contribution in [0.5, 0.6) is 11.5 Å². The van der Waals surface area contributed by atoms with E-state index in [1.165, 1.54) is 14.2 Å². The SMILES string of the molecule is COC(=O)c1ccc2c(c1)OC[C@H](C)N(C(=O)[C@@H]1CCCOC1)C2.COC(=O)c1ccc2c(c1)OC[C@H](C)N(C(=O)[C@H]1CCCOC1)C2.S.S. The van der Waals surface area contributed by atoms with Gasteiger partial charge in [0.25, 0.3) is 0 Å². The number of ether oxygens (including phenoxy) is 6. The molecule has 0 saturated carbocycles. The van der Waals surface area contributed by atoms with Gasteiger partial charge in [0.1, 0.15) is 24.7 Å². The van der Waals surface area contributed by atoms with Crippen LogP contribution in [-0.2, 0) is 41.6 Å². The molecule has 12 nitrogen and oxygen atoms in total. The number of hydrogen-bond donors (Lipinski definition) is 0. The fourth-order valence-corrected chi connectivity index (χ4v) is 6.34. The third kappa shape index (κ3) is 9.86. The van der Waals surface area contributed by atoms with Gasteiger partial charge < -0.3 is 38.2 Å². The zero-order chi connectivity index (χ0) is 34.2. The predicted octanol–water partition coefficient (Wildman–Crippen LogP) is 4.24. The highest BCUT2D eigenvalue weighted by atomic mass is 32.1. The maximum Gasteiger partial charge on any atom is 0.337 e. The number of nitrogens with zero attached hydrogens (tertiary/aromatic N) is 2. The van der Waals surface area contributed by atoms with Crippen molar-refractivity contribution in [2.45, 2.75) is 64.7 Å². The number of fused-ring (bicyclic) bond motifs is 2. The highest BCUT2D eigenvalue weighted by molar-refractivity contribution is 7.59. The zero-order valence-electron chi connectivity index (χ0n) is 29.2. The molecule has 4 atom stereocenters. The largest absolute Gasteiger partial charge is 0.491 e. The lowest BCUT2D eigenvalue weighted by Crippen LogP contribution is -2.45. The van der Waals surface area contributed by atoms with Gasteiger partial charge in [0.15, 0.2) is 0 Å². The minimum atomic E-state index is -0.397. The summed E-state index contributed by atoms with van der Waals surface area (Å²) in [6.45, 7) is 8.19. The summed E-state index contributed by atoms with van der Waals surface area (Å²) in [6.07, 6.45) is 3.59. The van der Waals surface area contributed by atoms with Crippen LogP contribution in [0.1, 0.15) is 71.4 Å². The number of rotatable bonds is 4. The molecule has 0 N–H and O–H groups in total. The number of carbonyl (C=O) groups excluding carboxylic acids is 4. The lowest BCUT2D eigenvalue weighted by Gasteiger charge is -2.31. The van der Waals surface area contributed by atoms with Gasteiger partial charge in [-0.3, -0.25) is 9.59 Å². The summed E-state index contributed by atoms with van der Waals surface area (Å²) in [7, 11) is 2.70. The van der Waals surface area contributed by atoms with E-state index in [1.807, 2.05) is 35.8 Å². The molecule has 0 aromatic heterocycles. The fraction of sp³-hybridized carbons (Fsp3) is 0.556. The minimum absolute atomic E-state index is 0. The molecule has 0 bridgehead atoms. The van der Waals surface area contributed by atoms with E-state index >= 15 is 0 Å². The van der Waals surface area contributed by atoms with Crippen molar-refractivity contribution in [3.63, 3.8) is 0 Å². The van der Waals surface area contributed by atoms with Crippen LogP contribution in [0.15, 0.2) is 36.4 Å². The summed E-state index contributed by atoms with van der Waals surface area (Å²) in [5, 5.41) is 0. The number of carbonyl (C=O) groups is 4. The van der Waals surface area contributed by atoms with Crippen molar-refractivity contribution in [1.82, 2.24) is 9.80 Å². The number of methoxy groups -OCH3 is 2. The van der Waals surface area contributed by atoms with E-state index in [1.54, 1.807) is 24.3 Å². The molecule has 0 spiro atoms. The van der Waals surface area contributed by atoms with Crippen LogP contribution in [0.3, 0.4) is 0 Å². The fourth-order valence-electron chi connectivity index (χ4n) is 6.34. The van der Waals surface area contributed by atoms with Crippen LogP contribution in [0.2, 0.25) is 0 Å². The summed E-state index contributed by atoms with van der Waals surface area (Å²) in [5.41, 5.74) is 2.70. The van der Waals surface area contributed by atoms with Gasteiger partial charge in [0, 0.05) is 37.4 Å². The normalized spacial score (nSPS) is 22.7. The van der Waals surface area contributed by atoms with E-state index in [9.17, 15) is 19.2 Å². The Labute approximate surface area is 307 Å². The summed E-state index contributed by atoms with van der Waals surface area (Å²) in [6, 6.07) is 10.4. The average Bonchev–Trinajstić information content (AvgIpc) is 3.41. The van der Waals surface area contributed by atoms with E-state index in [4.69, 9.17) is 28.4 Å². The van der Waals surface area contributed by atoms with Crippen LogP contribution in [0.4, 0.5) is 0 Å². The Morgan fingerprint density at radius 1 is 0.640 bits per heavy atom. The van der Waals surface area contributed by atoms with Crippen molar-refractivity contribution < 1.29 is 47.6 Å². The molecule has 2 aromatic rings. The highest BCUT2D eigenvalue weighted by Crippen LogP contribution is 2.30. The van der Waals surface area contributed by atoms with Crippen LogP contribution in [0.25, 0.3) is 0 Å². The molecule has 6 rings (SSSR count). The van der Waals surface area contributed by atoms with Crippen molar-refractivity contribution in [3.05, 3.63) is 58.7 Å². The highest BCUT2D eigenvalue weighted by Gasteiger charge is 2.33. The van der Waals surface area contributed by atoms with Gasteiger partial charge in [-0.2, -0.15) is 27.0 Å². The summed E-state index contributed by atoms with van der Waals surface area (Å²) in [4.78, 5) is 52.8. The summed E-state index contributed by atoms with van der Waals surface area (Å²) < 4.78 is 32.1. The smallest absolute Gasteiger partial charge is 0.337 e. The third-order valence-corrected chi connectivity index (χ3v) is 9.27. The van der Waals surface area contributed by atoms with E-state index in [0.717, 1.165) is 50.0 Å². The second kappa shape index (κ2) is 19.2. The van der Waals surface area contributed by atoms with Crippen LogP contribution < -0.4 is 9.47 Å². The van der Waals surface area contributed by atoms with E-state index < -0.39 is 11.9 Å². The quantitative estimate of drug-likeness (QED) is 0.421. The lowest BCUT2D eigenvalue weighted by atomic mass is 9.99. The van der Waals surface area contributed by atoms with Gasteiger partial charge in [-0.1, -0.05) is 12.1 Å². The second-order valence-electron chi connectivity index (χ2n) is 12.7. The van der Waals surface area contributed by atoms with Gasteiger partial charge in [0.2, 0.25) is 11.8 Å². The molecule has 50 heavy (non-hydrogen) atoms. The van der Waals surface area contributed by atoms with Gasteiger partial charge >= 0.3 is 11.9 Å². The lowest BCUT2D eigenvalue weighted by molar-refractivity contribution is -0.143. The first kappa shape index (κ1) is 41.0. The minimum Gasteiger partial charge on any atom is -0.491 e. The van der Waals surface area contributed by atoms with Crippen molar-refractivity contribution >= 4 is 50.7 Å². The maximum absolute atomic E-state index is 12.9. The topological polar surface area (TPSA) is 130 Å². The first-order valence-electron chi connectivity index (χ1n) is 16.6. The molecule has 0 radical (unpaired) electrons. The molecule has 276 valence electrons. The first-order chi connectivity index (χ1) is 23.2. The number of hydrogen-bond acceptors (Lipinski definition) is 10. The number of benzene rings is 2. The Bertz CT molecular complexity index is 1370. The van der Waals surface area contributed by atoms with Crippen LogP contribution in [0, 0.1) is 11.8 Å². The molecule has 14 heteroatoms. The molecule has 4 aliphatic heterocycles. The Hall–Kier alpha value is -3.46.